The number of thioether (sulfide) groups is 1. The van der Waals surface area contributed by atoms with Crippen LogP contribution in [0.4, 0.5) is 10.8 Å². The first-order chi connectivity index (χ1) is 12.0. The fourth-order valence-corrected chi connectivity index (χ4v) is 3.42. The van der Waals surface area contributed by atoms with E-state index in [1.54, 1.807) is 32.0 Å². The molecule has 25 heavy (non-hydrogen) atoms. The van der Waals surface area contributed by atoms with Gasteiger partial charge in [-0.3, -0.25) is 9.59 Å². The Morgan fingerprint density at radius 1 is 1.24 bits per heavy atom. The number of aromatic nitrogens is 2. The van der Waals surface area contributed by atoms with Gasteiger partial charge >= 0.3 is 0 Å². The van der Waals surface area contributed by atoms with Crippen LogP contribution in [0.5, 0.6) is 11.5 Å². The summed E-state index contributed by atoms with van der Waals surface area (Å²) in [4.78, 5) is 23.7. The van der Waals surface area contributed by atoms with Crippen LogP contribution in [-0.2, 0) is 9.59 Å². The van der Waals surface area contributed by atoms with E-state index in [2.05, 4.69) is 20.8 Å². The maximum Gasteiger partial charge on any atom is 0.234 e. The second kappa shape index (κ2) is 7.70. The number of nitrogens with zero attached hydrogens (tertiary/aromatic N) is 2. The number of rotatable bonds is 6. The van der Waals surface area contributed by atoms with Gasteiger partial charge in [-0.2, -0.15) is 0 Å². The van der Waals surface area contributed by atoms with Gasteiger partial charge in [0, 0.05) is 17.7 Å². The first-order valence-electron chi connectivity index (χ1n) is 7.48. The van der Waals surface area contributed by atoms with Crippen molar-refractivity contribution in [3.05, 3.63) is 18.2 Å². The lowest BCUT2D eigenvalue weighted by molar-refractivity contribution is -0.119. The summed E-state index contributed by atoms with van der Waals surface area (Å²) < 4.78 is 11.1. The molecule has 132 valence electrons. The van der Waals surface area contributed by atoms with E-state index in [1.807, 2.05) is 0 Å². The van der Waals surface area contributed by atoms with Crippen LogP contribution in [0.15, 0.2) is 22.5 Å². The Labute approximate surface area is 152 Å². The normalized spacial score (nSPS) is 12.3. The van der Waals surface area contributed by atoms with Crippen molar-refractivity contribution in [3.63, 3.8) is 0 Å². The van der Waals surface area contributed by atoms with E-state index in [-0.39, 0.29) is 30.3 Å². The molecule has 2 aromatic rings. The van der Waals surface area contributed by atoms with Crippen LogP contribution < -0.4 is 20.1 Å². The van der Waals surface area contributed by atoms with E-state index in [4.69, 9.17) is 9.47 Å². The summed E-state index contributed by atoms with van der Waals surface area (Å²) in [5.74, 6) is 1.03. The van der Waals surface area contributed by atoms with Crippen LogP contribution >= 0.6 is 23.1 Å². The van der Waals surface area contributed by atoms with Gasteiger partial charge in [0.1, 0.15) is 0 Å². The van der Waals surface area contributed by atoms with Gasteiger partial charge in [-0.1, -0.05) is 36.9 Å². The fourth-order valence-electron chi connectivity index (χ4n) is 1.87. The third kappa shape index (κ3) is 4.60. The lowest BCUT2D eigenvalue weighted by Gasteiger charge is -2.05. The van der Waals surface area contributed by atoms with E-state index < -0.39 is 0 Å². The van der Waals surface area contributed by atoms with Crippen LogP contribution in [0.1, 0.15) is 13.8 Å². The van der Waals surface area contributed by atoms with E-state index in [1.165, 1.54) is 23.1 Å². The van der Waals surface area contributed by atoms with Gasteiger partial charge in [-0.25, -0.2) is 0 Å². The molecule has 0 radical (unpaired) electrons. The van der Waals surface area contributed by atoms with Crippen molar-refractivity contribution < 1.29 is 19.1 Å². The van der Waals surface area contributed by atoms with Gasteiger partial charge in [0.2, 0.25) is 23.7 Å². The molecule has 0 atom stereocenters. The molecule has 10 heteroatoms. The summed E-state index contributed by atoms with van der Waals surface area (Å²) in [6.07, 6.45) is 0. The van der Waals surface area contributed by atoms with Gasteiger partial charge in [0.05, 0.1) is 5.75 Å². The smallest absolute Gasteiger partial charge is 0.234 e. The third-order valence-electron chi connectivity index (χ3n) is 3.14. The Hall–Kier alpha value is -2.33. The quantitative estimate of drug-likeness (QED) is 0.586. The standard InChI is InChI=1S/C15H16N4O4S2/c1-8(2)13(21)17-14-18-19-15(25-14)24-6-12(20)16-9-3-4-10-11(5-9)23-7-22-10/h3-5,8H,6-7H2,1-2H3,(H,16,20)(H,17,18,21). The zero-order valence-electron chi connectivity index (χ0n) is 13.6. The van der Waals surface area contributed by atoms with Crippen molar-refractivity contribution in [2.24, 2.45) is 5.92 Å². The summed E-state index contributed by atoms with van der Waals surface area (Å²) in [6, 6.07) is 5.22. The highest BCUT2D eigenvalue weighted by molar-refractivity contribution is 8.01. The van der Waals surface area contributed by atoms with Gasteiger partial charge in [-0.15, -0.1) is 10.2 Å². The topological polar surface area (TPSA) is 102 Å². The number of benzene rings is 1. The summed E-state index contributed by atoms with van der Waals surface area (Å²) in [5, 5.41) is 13.7. The molecular weight excluding hydrogens is 364 g/mol. The van der Waals surface area contributed by atoms with Crippen molar-refractivity contribution in [1.82, 2.24) is 10.2 Å². The molecule has 2 amide bonds. The minimum absolute atomic E-state index is 0.117. The third-order valence-corrected chi connectivity index (χ3v) is 5.12. The molecule has 0 saturated heterocycles. The van der Waals surface area contributed by atoms with E-state index in [0.717, 1.165) is 0 Å². The lowest BCUT2D eigenvalue weighted by atomic mass is 10.2. The number of nitrogens with one attached hydrogen (secondary N) is 2. The van der Waals surface area contributed by atoms with Gasteiger partial charge in [0.25, 0.3) is 0 Å². The Kier molecular flexibility index (Phi) is 5.39. The molecule has 0 aliphatic carbocycles. The Bertz CT molecular complexity index is 794. The monoisotopic (exact) mass is 380 g/mol. The summed E-state index contributed by atoms with van der Waals surface area (Å²) in [5.41, 5.74) is 0.636. The molecule has 0 bridgehead atoms. The van der Waals surface area contributed by atoms with Gasteiger partial charge < -0.3 is 20.1 Å². The largest absolute Gasteiger partial charge is 0.454 e. The van der Waals surface area contributed by atoms with Crippen LogP contribution in [0.2, 0.25) is 0 Å². The summed E-state index contributed by atoms with van der Waals surface area (Å²) in [6.45, 7) is 3.79. The highest BCUT2D eigenvalue weighted by Gasteiger charge is 2.15. The average molecular weight is 380 g/mol. The van der Waals surface area contributed by atoms with E-state index in [9.17, 15) is 9.59 Å². The number of fused-ring (bicyclic) bond motifs is 1. The fraction of sp³-hybridized carbons (Fsp3) is 0.333. The van der Waals surface area contributed by atoms with Crippen molar-refractivity contribution in [1.29, 1.82) is 0 Å². The van der Waals surface area contributed by atoms with Crippen molar-refractivity contribution in [3.8, 4) is 11.5 Å². The highest BCUT2D eigenvalue weighted by atomic mass is 32.2. The zero-order chi connectivity index (χ0) is 17.8. The van der Waals surface area contributed by atoms with Crippen LogP contribution in [0.3, 0.4) is 0 Å². The van der Waals surface area contributed by atoms with Crippen LogP contribution in [0.25, 0.3) is 0 Å². The Balaban J connectivity index is 1.49. The molecular formula is C15H16N4O4S2. The molecule has 0 spiro atoms. The molecule has 2 N–H and O–H groups in total. The van der Waals surface area contributed by atoms with Crippen LogP contribution in [-0.4, -0.2) is 34.6 Å². The number of carbonyl (C=O) groups is 2. The van der Waals surface area contributed by atoms with E-state index in [0.29, 0.717) is 26.7 Å². The number of amides is 2. The van der Waals surface area contributed by atoms with Crippen molar-refractivity contribution in [2.45, 2.75) is 18.2 Å². The summed E-state index contributed by atoms with van der Waals surface area (Å²) in [7, 11) is 0. The molecule has 0 fully saturated rings. The molecule has 1 aliphatic heterocycles. The highest BCUT2D eigenvalue weighted by Crippen LogP contribution is 2.34. The predicted molar refractivity (Wildman–Crippen MR) is 95.3 cm³/mol. The minimum Gasteiger partial charge on any atom is -0.454 e. The molecule has 8 nitrogen and oxygen atoms in total. The molecule has 1 aromatic heterocycles. The predicted octanol–water partition coefficient (Wildman–Crippen LogP) is 2.59. The van der Waals surface area contributed by atoms with Gasteiger partial charge in [0.15, 0.2) is 15.8 Å². The van der Waals surface area contributed by atoms with Crippen molar-refractivity contribution in [2.75, 3.05) is 23.2 Å². The SMILES string of the molecule is CC(C)C(=O)Nc1nnc(SCC(=O)Nc2ccc3c(c2)OCO3)s1. The second-order valence-corrected chi connectivity index (χ2v) is 7.62. The van der Waals surface area contributed by atoms with Crippen molar-refractivity contribution >= 4 is 45.7 Å². The second-order valence-electron chi connectivity index (χ2n) is 5.42. The lowest BCUT2D eigenvalue weighted by Crippen LogP contribution is -2.17. The molecule has 1 aromatic carbocycles. The maximum absolute atomic E-state index is 12.0. The Morgan fingerprint density at radius 2 is 2.04 bits per heavy atom. The number of ether oxygens (including phenoxy) is 2. The molecule has 0 saturated carbocycles. The molecule has 2 heterocycles. The van der Waals surface area contributed by atoms with Gasteiger partial charge in [-0.05, 0) is 12.1 Å². The molecule has 3 rings (SSSR count). The molecule has 0 unspecified atom stereocenters. The average Bonchev–Trinajstić information content (AvgIpc) is 3.21. The first-order valence-corrected chi connectivity index (χ1v) is 9.28. The minimum atomic E-state index is -0.174. The maximum atomic E-state index is 12.0. The number of carbonyl (C=O) groups excluding carboxylic acids is 2. The number of hydrogen-bond acceptors (Lipinski definition) is 8. The zero-order valence-corrected chi connectivity index (χ0v) is 15.2. The first kappa shape index (κ1) is 17.5. The Morgan fingerprint density at radius 3 is 2.84 bits per heavy atom. The molecule has 1 aliphatic rings. The van der Waals surface area contributed by atoms with Crippen LogP contribution in [0, 0.1) is 5.92 Å². The van der Waals surface area contributed by atoms with E-state index >= 15 is 0 Å². The summed E-state index contributed by atoms with van der Waals surface area (Å²) >= 11 is 2.49. The number of anilines is 2. The number of hydrogen-bond donors (Lipinski definition) is 2.